The summed E-state index contributed by atoms with van der Waals surface area (Å²) < 4.78 is 100. The number of phenolic OH excluding ortho intramolecular Hbond substituents is 1. The predicted molar refractivity (Wildman–Crippen MR) is 295 cm³/mol. The minimum atomic E-state index is -5.30. The van der Waals surface area contributed by atoms with E-state index in [1.165, 1.54) is 26.3 Å². The van der Waals surface area contributed by atoms with Gasteiger partial charge in [0.2, 0.25) is 6.10 Å². The first-order chi connectivity index (χ1) is 35.2. The van der Waals surface area contributed by atoms with E-state index < -0.39 is 51.6 Å². The number of benzene rings is 6. The highest BCUT2D eigenvalue weighted by atomic mass is 79.9. The lowest BCUT2D eigenvalue weighted by Crippen LogP contribution is -2.39. The summed E-state index contributed by atoms with van der Waals surface area (Å²) in [5.41, 5.74) is 1.58. The molecule has 0 amide bonds. The van der Waals surface area contributed by atoms with Crippen molar-refractivity contribution in [2.45, 2.75) is 132 Å². The van der Waals surface area contributed by atoms with Crippen molar-refractivity contribution in [1.82, 2.24) is 0 Å². The number of halogens is 6. The average Bonchev–Trinajstić information content (AvgIpc) is 3.38. The molecule has 6 aromatic rings. The fourth-order valence-electron chi connectivity index (χ4n) is 6.30. The van der Waals surface area contributed by atoms with Crippen molar-refractivity contribution in [3.63, 3.8) is 0 Å². The van der Waals surface area contributed by atoms with E-state index in [1.54, 1.807) is 38.1 Å². The van der Waals surface area contributed by atoms with Gasteiger partial charge in [-0.1, -0.05) is 119 Å². The van der Waals surface area contributed by atoms with E-state index >= 15 is 0 Å². The first kappa shape index (κ1) is 64.1. The SMILES string of the molecule is Brc1ccc([S+](c2ccccc2)c2ccccc2)cc1.CCC(C)C(=O)Oc1cc(C(=O)OC(CS(=O)(=O)[O-])C(F)(F)F)ccc1Br.CCC(C)c1ccc(O)cc1.CCC(C)c1ccc(OC(C)(C)CC)c(F)c1. The van der Waals surface area contributed by atoms with Crippen LogP contribution < -0.4 is 9.47 Å². The van der Waals surface area contributed by atoms with Crippen molar-refractivity contribution in [2.24, 2.45) is 5.92 Å². The molecule has 0 bridgehead atoms. The molecule has 0 spiro atoms. The Balaban J connectivity index is 0.000000275. The van der Waals surface area contributed by atoms with E-state index in [0.29, 0.717) is 29.8 Å². The lowest BCUT2D eigenvalue weighted by atomic mass is 9.98. The molecular formula is C58H66Br2F4O9S2. The van der Waals surface area contributed by atoms with Crippen LogP contribution in [0.1, 0.15) is 121 Å². The van der Waals surface area contributed by atoms with Crippen LogP contribution in [-0.4, -0.2) is 53.6 Å². The van der Waals surface area contributed by atoms with E-state index in [-0.39, 0.29) is 32.5 Å². The predicted octanol–water partition coefficient (Wildman–Crippen LogP) is 16.4. The molecule has 4 unspecified atom stereocenters. The molecule has 0 aliphatic heterocycles. The summed E-state index contributed by atoms with van der Waals surface area (Å²) in [6.07, 6.45) is -4.89. The van der Waals surface area contributed by atoms with Crippen molar-refractivity contribution in [3.05, 3.63) is 177 Å². The zero-order valence-electron chi connectivity index (χ0n) is 43.5. The number of aromatic hydroxyl groups is 1. The summed E-state index contributed by atoms with van der Waals surface area (Å²) in [4.78, 5) is 27.8. The third-order valence-electron chi connectivity index (χ3n) is 11.8. The van der Waals surface area contributed by atoms with E-state index in [9.17, 15) is 40.1 Å². The van der Waals surface area contributed by atoms with Crippen molar-refractivity contribution in [3.8, 4) is 17.2 Å². The third-order valence-corrected chi connectivity index (χ3v) is 15.9. The van der Waals surface area contributed by atoms with Crippen LogP contribution in [0, 0.1) is 11.7 Å². The summed E-state index contributed by atoms with van der Waals surface area (Å²) in [7, 11) is -5.35. The highest BCUT2D eigenvalue weighted by Crippen LogP contribution is 2.33. The van der Waals surface area contributed by atoms with Gasteiger partial charge in [0.1, 0.15) is 17.1 Å². The number of hydrogen-bond donors (Lipinski definition) is 1. The number of alkyl halides is 3. The Morgan fingerprint density at radius 2 is 1.19 bits per heavy atom. The molecule has 17 heteroatoms. The monoisotopic (exact) mass is 1200 g/mol. The molecule has 406 valence electrons. The van der Waals surface area contributed by atoms with Gasteiger partial charge in [-0.2, -0.15) is 13.2 Å². The maximum atomic E-state index is 13.9. The molecule has 0 saturated carbocycles. The molecule has 0 aliphatic rings. The lowest BCUT2D eigenvalue weighted by Gasteiger charge is -2.25. The Morgan fingerprint density at radius 3 is 1.65 bits per heavy atom. The quantitative estimate of drug-likeness (QED) is 0.0311. The number of esters is 2. The van der Waals surface area contributed by atoms with Gasteiger partial charge in [0.05, 0.1) is 42.7 Å². The zero-order valence-corrected chi connectivity index (χ0v) is 48.3. The van der Waals surface area contributed by atoms with Gasteiger partial charge in [0.25, 0.3) is 0 Å². The summed E-state index contributed by atoms with van der Waals surface area (Å²) in [5.74, 6) is -3.27. The molecule has 0 aliphatic carbocycles. The van der Waals surface area contributed by atoms with Gasteiger partial charge >= 0.3 is 18.1 Å². The second-order valence-corrected chi connectivity index (χ2v) is 23.3. The summed E-state index contributed by atoms with van der Waals surface area (Å²) in [5, 5.41) is 9.01. The minimum absolute atomic E-state index is 0.0437. The standard InChI is InChI=1S/C18H14BrS.C15H16BrF3O7S.C15H23FO.C10H14O/c19-15-11-13-18(14-12-15)20(16-7-3-1-4-8-16)17-9-5-2-6-10-17;1-3-8(2)13(20)25-11-6-9(4-5-10(11)16)14(21)26-12(15(17,18)19)7-27(22,23)24;1-6-11(3)12-8-9-14(13(16)10-12)17-15(4,5)7-2;1-3-8(2)9-4-6-10(11)7-5-9/h1-14H;4-6,8,12H,3,7H2,1-2H3,(H,22,23,24);8-11H,6-7H2,1-5H3;4-8,11H,3H2,1-2H3/q+1;;;/p-1. The highest BCUT2D eigenvalue weighted by Gasteiger charge is 2.44. The second-order valence-electron chi connectivity index (χ2n) is 18.0. The van der Waals surface area contributed by atoms with Crippen molar-refractivity contribution in [2.75, 3.05) is 5.75 Å². The maximum absolute atomic E-state index is 13.9. The van der Waals surface area contributed by atoms with Gasteiger partial charge in [-0.25, -0.2) is 17.6 Å². The number of carbonyl (C=O) groups excluding carboxylic acids is 2. The fraction of sp³-hybridized carbons (Fsp3) is 0.345. The molecule has 75 heavy (non-hydrogen) atoms. The smallest absolute Gasteiger partial charge is 0.426 e. The molecule has 0 saturated heterocycles. The molecule has 6 rings (SSSR count). The van der Waals surface area contributed by atoms with Gasteiger partial charge in [0, 0.05) is 4.47 Å². The molecule has 0 aromatic heterocycles. The van der Waals surface area contributed by atoms with E-state index in [4.69, 9.17) is 14.6 Å². The number of rotatable bonds is 17. The third kappa shape index (κ3) is 22.1. The summed E-state index contributed by atoms with van der Waals surface area (Å²) >= 11 is 6.58. The first-order valence-corrected chi connectivity index (χ1v) is 28.7. The van der Waals surface area contributed by atoms with Gasteiger partial charge < -0.3 is 23.9 Å². The van der Waals surface area contributed by atoms with Crippen LogP contribution in [-0.2, 0) is 30.5 Å². The molecule has 0 fully saturated rings. The normalized spacial score (nSPS) is 13.0. The second kappa shape index (κ2) is 30.5. The Kier molecular flexibility index (Phi) is 26.1. The molecular weight excluding hydrogens is 1140 g/mol. The van der Waals surface area contributed by atoms with E-state index in [2.05, 4.69) is 149 Å². The molecule has 0 radical (unpaired) electrons. The Morgan fingerprint density at radius 1 is 0.680 bits per heavy atom. The topological polar surface area (TPSA) is 139 Å². The lowest BCUT2D eigenvalue weighted by molar-refractivity contribution is -0.197. The number of carbonyl (C=O) groups is 2. The average molecular weight is 1210 g/mol. The van der Waals surface area contributed by atoms with Crippen LogP contribution in [0.25, 0.3) is 0 Å². The largest absolute Gasteiger partial charge is 0.748 e. The Labute approximate surface area is 459 Å². The molecule has 9 nitrogen and oxygen atoms in total. The fourth-order valence-corrected chi connectivity index (χ4v) is 9.61. The maximum Gasteiger partial charge on any atom is 0.426 e. The highest BCUT2D eigenvalue weighted by molar-refractivity contribution is 9.10. The van der Waals surface area contributed by atoms with Gasteiger partial charge in [-0.05, 0) is 169 Å². The van der Waals surface area contributed by atoms with Crippen molar-refractivity contribution >= 4 is 64.8 Å². The van der Waals surface area contributed by atoms with Crippen molar-refractivity contribution < 1.29 is 59.4 Å². The molecule has 6 aromatic carbocycles. The van der Waals surface area contributed by atoms with Gasteiger partial charge in [-0.15, -0.1) is 0 Å². The van der Waals surface area contributed by atoms with Gasteiger partial charge in [-0.3, -0.25) is 4.79 Å². The van der Waals surface area contributed by atoms with Crippen LogP contribution in [0.4, 0.5) is 17.6 Å². The van der Waals surface area contributed by atoms with Crippen LogP contribution in [0.2, 0.25) is 0 Å². The van der Waals surface area contributed by atoms with Crippen LogP contribution >= 0.6 is 31.9 Å². The summed E-state index contributed by atoms with van der Waals surface area (Å²) in [6, 6.07) is 46.0. The minimum Gasteiger partial charge on any atom is -0.748 e. The summed E-state index contributed by atoms with van der Waals surface area (Å²) in [6.45, 7) is 17.9. The van der Waals surface area contributed by atoms with E-state index in [1.807, 2.05) is 39.0 Å². The van der Waals surface area contributed by atoms with E-state index in [0.717, 1.165) is 41.4 Å². The van der Waals surface area contributed by atoms with Crippen LogP contribution in [0.15, 0.2) is 169 Å². The molecule has 0 heterocycles. The van der Waals surface area contributed by atoms with Crippen molar-refractivity contribution in [1.29, 1.82) is 0 Å². The number of ether oxygens (including phenoxy) is 3. The molecule has 1 N–H and O–H groups in total. The molecule has 4 atom stereocenters. The van der Waals surface area contributed by atoms with Gasteiger partial charge in [0.15, 0.2) is 26.3 Å². The zero-order chi connectivity index (χ0) is 56.1. The van der Waals surface area contributed by atoms with Crippen LogP contribution in [0.5, 0.6) is 17.2 Å². The first-order valence-electron chi connectivity index (χ1n) is 24.3. The number of phenols is 1. The Hall–Kier alpha value is -5.20. The Bertz CT molecular complexity index is 2760. The van der Waals surface area contributed by atoms with Crippen LogP contribution in [0.3, 0.4) is 0 Å². The number of hydrogen-bond acceptors (Lipinski definition) is 9.